The minimum Gasteiger partial charge on any atom is -0.338 e. The smallest absolute Gasteiger partial charge is 0.156 e. The Bertz CT molecular complexity index is 682. The molecule has 0 atom stereocenters. The largest absolute Gasteiger partial charge is 0.338 e. The molecule has 2 aromatic rings. The molecule has 19 heavy (non-hydrogen) atoms. The third-order valence-electron chi connectivity index (χ3n) is 2.30. The maximum Gasteiger partial charge on any atom is 0.156 e. The summed E-state index contributed by atoms with van der Waals surface area (Å²) < 4.78 is 0. The van der Waals surface area contributed by atoms with Crippen molar-refractivity contribution in [1.82, 2.24) is 9.97 Å². The van der Waals surface area contributed by atoms with Gasteiger partial charge in [0.1, 0.15) is 17.3 Å². The van der Waals surface area contributed by atoms with Crippen LogP contribution in [0.25, 0.3) is 0 Å². The average Bonchev–Trinajstić information content (AvgIpc) is 2.41. The molecule has 0 spiro atoms. The second-order valence-electron chi connectivity index (χ2n) is 3.48. The predicted octanol–water partition coefficient (Wildman–Crippen LogP) is 3.21. The molecule has 0 bridgehead atoms. The second-order valence-corrected chi connectivity index (χ2v) is 4.24. The van der Waals surface area contributed by atoms with Crippen LogP contribution in [0.15, 0.2) is 24.5 Å². The number of aldehydes is 1. The van der Waals surface area contributed by atoms with Crippen LogP contribution in [-0.4, -0.2) is 16.3 Å². The molecule has 5 nitrogen and oxygen atoms in total. The number of nitriles is 1. The van der Waals surface area contributed by atoms with E-state index >= 15 is 0 Å². The SMILES string of the molecule is N#Cc1ccc(Nc2ncnc(Cl)c2C=O)c(Cl)c1. The zero-order valence-electron chi connectivity index (χ0n) is 9.39. The summed E-state index contributed by atoms with van der Waals surface area (Å²) >= 11 is 11.8. The number of rotatable bonds is 3. The van der Waals surface area contributed by atoms with E-state index in [1.807, 2.05) is 6.07 Å². The summed E-state index contributed by atoms with van der Waals surface area (Å²) in [6.07, 6.45) is 1.79. The fraction of sp³-hybridized carbons (Fsp3) is 0. The van der Waals surface area contributed by atoms with Crippen molar-refractivity contribution in [2.45, 2.75) is 0 Å². The van der Waals surface area contributed by atoms with Crippen molar-refractivity contribution in [3.63, 3.8) is 0 Å². The molecular weight excluding hydrogens is 287 g/mol. The van der Waals surface area contributed by atoms with Crippen LogP contribution in [0.1, 0.15) is 15.9 Å². The lowest BCUT2D eigenvalue weighted by molar-refractivity contribution is 0.112. The number of carbonyl (C=O) groups is 1. The van der Waals surface area contributed by atoms with Crippen molar-refractivity contribution < 1.29 is 4.79 Å². The summed E-state index contributed by atoms with van der Waals surface area (Å²) in [6, 6.07) is 6.69. The van der Waals surface area contributed by atoms with E-state index in [0.717, 1.165) is 0 Å². The first-order chi connectivity index (χ1) is 9.15. The van der Waals surface area contributed by atoms with E-state index in [0.29, 0.717) is 22.6 Å². The van der Waals surface area contributed by atoms with Crippen molar-refractivity contribution in [3.8, 4) is 6.07 Å². The van der Waals surface area contributed by atoms with Crippen LogP contribution in [0.5, 0.6) is 0 Å². The molecule has 0 saturated carbocycles. The molecule has 0 aliphatic rings. The number of nitrogens with zero attached hydrogens (tertiary/aromatic N) is 3. The summed E-state index contributed by atoms with van der Waals surface area (Å²) in [4.78, 5) is 18.6. The van der Waals surface area contributed by atoms with Gasteiger partial charge in [0, 0.05) is 0 Å². The number of anilines is 2. The number of hydrogen-bond donors (Lipinski definition) is 1. The molecule has 0 saturated heterocycles. The number of halogens is 2. The Morgan fingerprint density at radius 3 is 2.74 bits per heavy atom. The Morgan fingerprint density at radius 2 is 2.11 bits per heavy atom. The zero-order chi connectivity index (χ0) is 13.8. The Hall–Kier alpha value is -2.16. The maximum absolute atomic E-state index is 10.9. The van der Waals surface area contributed by atoms with E-state index in [9.17, 15) is 4.79 Å². The first kappa shape index (κ1) is 13.3. The van der Waals surface area contributed by atoms with Gasteiger partial charge in [0.25, 0.3) is 0 Å². The molecule has 0 aliphatic heterocycles. The molecule has 0 unspecified atom stereocenters. The predicted molar refractivity (Wildman–Crippen MR) is 71.9 cm³/mol. The zero-order valence-corrected chi connectivity index (χ0v) is 10.9. The molecule has 7 heteroatoms. The van der Waals surface area contributed by atoms with E-state index in [2.05, 4.69) is 15.3 Å². The van der Waals surface area contributed by atoms with Gasteiger partial charge in [-0.3, -0.25) is 4.79 Å². The van der Waals surface area contributed by atoms with Crippen LogP contribution in [-0.2, 0) is 0 Å². The van der Waals surface area contributed by atoms with Crippen molar-refractivity contribution in [3.05, 3.63) is 45.8 Å². The molecular formula is C12H6Cl2N4O. The number of nitrogens with one attached hydrogen (secondary N) is 1. The van der Waals surface area contributed by atoms with Crippen LogP contribution in [0, 0.1) is 11.3 Å². The monoisotopic (exact) mass is 292 g/mol. The van der Waals surface area contributed by atoms with Crippen LogP contribution >= 0.6 is 23.2 Å². The van der Waals surface area contributed by atoms with Crippen molar-refractivity contribution in [2.24, 2.45) is 0 Å². The molecule has 1 heterocycles. The minimum atomic E-state index is 0.0530. The van der Waals surface area contributed by atoms with Gasteiger partial charge in [0.05, 0.1) is 27.9 Å². The fourth-order valence-corrected chi connectivity index (χ4v) is 1.80. The quantitative estimate of drug-likeness (QED) is 0.694. The number of aromatic nitrogens is 2. The Kier molecular flexibility index (Phi) is 3.95. The van der Waals surface area contributed by atoms with E-state index < -0.39 is 0 Å². The molecule has 0 amide bonds. The minimum absolute atomic E-state index is 0.0530. The third kappa shape index (κ3) is 2.81. The molecule has 1 aromatic heterocycles. The van der Waals surface area contributed by atoms with Gasteiger partial charge in [0.15, 0.2) is 6.29 Å². The highest BCUT2D eigenvalue weighted by molar-refractivity contribution is 6.34. The Morgan fingerprint density at radius 1 is 1.32 bits per heavy atom. The third-order valence-corrected chi connectivity index (χ3v) is 2.92. The summed E-state index contributed by atoms with van der Waals surface area (Å²) in [5.41, 5.74) is 1.09. The van der Waals surface area contributed by atoms with Crippen molar-refractivity contribution >= 4 is 41.0 Å². The van der Waals surface area contributed by atoms with Gasteiger partial charge in [-0.25, -0.2) is 9.97 Å². The lowest BCUT2D eigenvalue weighted by Crippen LogP contribution is -2.01. The average molecular weight is 293 g/mol. The highest BCUT2D eigenvalue weighted by Crippen LogP contribution is 2.27. The van der Waals surface area contributed by atoms with Crippen LogP contribution < -0.4 is 5.32 Å². The van der Waals surface area contributed by atoms with Gasteiger partial charge < -0.3 is 5.32 Å². The van der Waals surface area contributed by atoms with Crippen molar-refractivity contribution in [2.75, 3.05) is 5.32 Å². The van der Waals surface area contributed by atoms with Gasteiger partial charge in [0.2, 0.25) is 0 Å². The lowest BCUT2D eigenvalue weighted by atomic mass is 10.2. The van der Waals surface area contributed by atoms with Crippen LogP contribution in [0.2, 0.25) is 10.2 Å². The fourth-order valence-electron chi connectivity index (χ4n) is 1.39. The number of benzene rings is 1. The molecule has 0 radical (unpaired) electrons. The van der Waals surface area contributed by atoms with E-state index in [1.165, 1.54) is 12.4 Å². The summed E-state index contributed by atoms with van der Waals surface area (Å²) in [5.74, 6) is 0.251. The van der Waals surface area contributed by atoms with Gasteiger partial charge >= 0.3 is 0 Å². The summed E-state index contributed by atoms with van der Waals surface area (Å²) in [6.45, 7) is 0. The summed E-state index contributed by atoms with van der Waals surface area (Å²) in [5, 5.41) is 12.0. The molecule has 2 rings (SSSR count). The highest BCUT2D eigenvalue weighted by Gasteiger charge is 2.10. The molecule has 0 aliphatic carbocycles. The van der Waals surface area contributed by atoms with Gasteiger partial charge in [-0.05, 0) is 18.2 Å². The summed E-state index contributed by atoms with van der Waals surface area (Å²) in [7, 11) is 0. The Balaban J connectivity index is 2.40. The number of hydrogen-bond acceptors (Lipinski definition) is 5. The normalized spacial score (nSPS) is 9.74. The maximum atomic E-state index is 10.9. The first-order valence-electron chi connectivity index (χ1n) is 5.08. The topological polar surface area (TPSA) is 78.7 Å². The van der Waals surface area contributed by atoms with E-state index in [4.69, 9.17) is 28.5 Å². The van der Waals surface area contributed by atoms with Crippen molar-refractivity contribution in [1.29, 1.82) is 5.26 Å². The van der Waals surface area contributed by atoms with Gasteiger partial charge in [-0.2, -0.15) is 5.26 Å². The molecule has 1 N–H and O–H groups in total. The highest BCUT2D eigenvalue weighted by atomic mass is 35.5. The lowest BCUT2D eigenvalue weighted by Gasteiger charge is -2.09. The van der Waals surface area contributed by atoms with Gasteiger partial charge in [-0.1, -0.05) is 23.2 Å². The molecule has 0 fully saturated rings. The number of carbonyl (C=O) groups excluding carboxylic acids is 1. The standard InChI is InChI=1S/C12H6Cl2N4O/c13-9-3-7(4-15)1-2-10(9)18-12-8(5-19)11(14)16-6-17-12/h1-3,5-6H,(H,16,17,18). The second kappa shape index (κ2) is 5.65. The molecule has 1 aromatic carbocycles. The van der Waals surface area contributed by atoms with Crippen LogP contribution in [0.4, 0.5) is 11.5 Å². The molecule has 94 valence electrons. The van der Waals surface area contributed by atoms with E-state index in [1.54, 1.807) is 12.1 Å². The van der Waals surface area contributed by atoms with Gasteiger partial charge in [-0.15, -0.1) is 0 Å². The first-order valence-corrected chi connectivity index (χ1v) is 5.83. The Labute approximate surface area is 118 Å². The van der Waals surface area contributed by atoms with Crippen LogP contribution in [0.3, 0.4) is 0 Å². The van der Waals surface area contributed by atoms with E-state index in [-0.39, 0.29) is 16.5 Å².